The maximum atomic E-state index is 10.2. The average Bonchev–Trinajstić information content (AvgIpc) is 2.39. The van der Waals surface area contributed by atoms with Gasteiger partial charge in [0.2, 0.25) is 0 Å². The highest BCUT2D eigenvalue weighted by atomic mass is 16.5. The van der Waals surface area contributed by atoms with Crippen molar-refractivity contribution in [3.8, 4) is 0 Å². The van der Waals surface area contributed by atoms with Crippen LogP contribution in [0.25, 0.3) is 0 Å². The average molecular weight is 221 g/mol. The molecule has 1 fully saturated rings. The maximum Gasteiger partial charge on any atom is 0.0840 e. The van der Waals surface area contributed by atoms with E-state index in [0.717, 1.165) is 25.3 Å². The second kappa shape index (κ2) is 5.43. The van der Waals surface area contributed by atoms with Gasteiger partial charge in [0.1, 0.15) is 0 Å². The van der Waals surface area contributed by atoms with Crippen LogP contribution >= 0.6 is 0 Å². The third-order valence-corrected chi connectivity index (χ3v) is 3.18. The summed E-state index contributed by atoms with van der Waals surface area (Å²) in [7, 11) is 0. The Kier molecular flexibility index (Phi) is 3.93. The van der Waals surface area contributed by atoms with Crippen molar-refractivity contribution in [2.24, 2.45) is 5.92 Å². The van der Waals surface area contributed by atoms with Crippen molar-refractivity contribution >= 4 is 0 Å². The molecule has 1 aromatic rings. The molecule has 0 aliphatic carbocycles. The molecule has 0 spiro atoms. The monoisotopic (exact) mass is 221 g/mol. The van der Waals surface area contributed by atoms with Gasteiger partial charge in [0.05, 0.1) is 18.8 Å². The first-order valence-electron chi connectivity index (χ1n) is 5.84. The summed E-state index contributed by atoms with van der Waals surface area (Å²) < 4.78 is 5.66. The Morgan fingerprint density at radius 2 is 2.12 bits per heavy atom. The molecular formula is C13H19NO2. The van der Waals surface area contributed by atoms with Crippen molar-refractivity contribution in [3.05, 3.63) is 35.9 Å². The van der Waals surface area contributed by atoms with E-state index in [-0.39, 0.29) is 12.0 Å². The molecule has 2 N–H and O–H groups in total. The van der Waals surface area contributed by atoms with Gasteiger partial charge in [0.15, 0.2) is 0 Å². The smallest absolute Gasteiger partial charge is 0.0840 e. The summed E-state index contributed by atoms with van der Waals surface area (Å²) in [6.07, 6.45) is -0.352. The molecule has 1 aliphatic heterocycles. The molecule has 0 bridgehead atoms. The first kappa shape index (κ1) is 11.6. The fraction of sp³-hybridized carbons (Fsp3) is 0.538. The molecule has 3 nitrogen and oxygen atoms in total. The fourth-order valence-corrected chi connectivity index (χ4v) is 2.08. The van der Waals surface area contributed by atoms with E-state index in [1.807, 2.05) is 37.3 Å². The van der Waals surface area contributed by atoms with Gasteiger partial charge in [-0.15, -0.1) is 0 Å². The number of aliphatic hydroxyl groups is 1. The predicted octanol–water partition coefficient (Wildman–Crippen LogP) is 1.34. The van der Waals surface area contributed by atoms with E-state index in [1.165, 1.54) is 0 Å². The van der Waals surface area contributed by atoms with Crippen LogP contribution in [0.2, 0.25) is 0 Å². The third-order valence-electron chi connectivity index (χ3n) is 3.18. The van der Waals surface area contributed by atoms with Crippen LogP contribution < -0.4 is 5.32 Å². The molecule has 88 valence electrons. The van der Waals surface area contributed by atoms with Crippen molar-refractivity contribution in [2.45, 2.75) is 19.1 Å². The summed E-state index contributed by atoms with van der Waals surface area (Å²) in [5, 5.41) is 13.5. The van der Waals surface area contributed by atoms with Crippen LogP contribution in [0.1, 0.15) is 18.6 Å². The standard InChI is InChI=1S/C13H19NO2/c1-10(12-9-14-7-8-16-12)13(15)11-5-3-2-4-6-11/h2-6,10,12-15H,7-9H2,1H3. The van der Waals surface area contributed by atoms with Crippen molar-refractivity contribution in [1.82, 2.24) is 5.32 Å². The van der Waals surface area contributed by atoms with E-state index in [2.05, 4.69) is 5.32 Å². The van der Waals surface area contributed by atoms with Crippen LogP contribution in [0.5, 0.6) is 0 Å². The summed E-state index contributed by atoms with van der Waals surface area (Å²) in [6, 6.07) is 9.77. The quantitative estimate of drug-likeness (QED) is 0.809. The van der Waals surface area contributed by atoms with E-state index < -0.39 is 6.10 Å². The number of rotatable bonds is 3. The van der Waals surface area contributed by atoms with Crippen LogP contribution in [-0.4, -0.2) is 30.9 Å². The summed E-state index contributed by atoms with van der Waals surface area (Å²) in [5.41, 5.74) is 0.962. The minimum Gasteiger partial charge on any atom is -0.388 e. The van der Waals surface area contributed by atoms with Crippen LogP contribution in [0.3, 0.4) is 0 Å². The van der Waals surface area contributed by atoms with E-state index in [9.17, 15) is 5.11 Å². The molecule has 0 amide bonds. The van der Waals surface area contributed by atoms with Crippen molar-refractivity contribution in [2.75, 3.05) is 19.7 Å². The zero-order chi connectivity index (χ0) is 11.4. The third kappa shape index (κ3) is 2.61. The molecule has 0 radical (unpaired) electrons. The number of aliphatic hydroxyl groups excluding tert-OH is 1. The number of benzene rings is 1. The summed E-state index contributed by atoms with van der Waals surface area (Å²) in [5.74, 6) is 0.107. The number of nitrogens with one attached hydrogen (secondary N) is 1. The van der Waals surface area contributed by atoms with Gasteiger partial charge in [-0.3, -0.25) is 0 Å². The maximum absolute atomic E-state index is 10.2. The predicted molar refractivity (Wildman–Crippen MR) is 63.2 cm³/mol. The molecule has 1 aliphatic rings. The van der Waals surface area contributed by atoms with Crippen molar-refractivity contribution < 1.29 is 9.84 Å². The number of ether oxygens (including phenoxy) is 1. The highest BCUT2D eigenvalue weighted by Gasteiger charge is 2.27. The summed E-state index contributed by atoms with van der Waals surface area (Å²) in [6.45, 7) is 4.50. The topological polar surface area (TPSA) is 41.5 Å². The Labute approximate surface area is 96.4 Å². The Morgan fingerprint density at radius 1 is 1.38 bits per heavy atom. The molecule has 1 heterocycles. The molecule has 3 atom stereocenters. The first-order valence-corrected chi connectivity index (χ1v) is 5.84. The number of hydrogen-bond donors (Lipinski definition) is 2. The molecule has 3 unspecified atom stereocenters. The second-order valence-corrected chi connectivity index (χ2v) is 4.33. The van der Waals surface area contributed by atoms with Gasteiger partial charge in [-0.25, -0.2) is 0 Å². The van der Waals surface area contributed by atoms with Crippen LogP contribution in [0, 0.1) is 5.92 Å². The Bertz CT molecular complexity index is 309. The van der Waals surface area contributed by atoms with Crippen molar-refractivity contribution in [1.29, 1.82) is 0 Å². The van der Waals surface area contributed by atoms with E-state index in [1.54, 1.807) is 0 Å². The molecular weight excluding hydrogens is 202 g/mol. The zero-order valence-electron chi connectivity index (χ0n) is 9.60. The number of hydrogen-bond acceptors (Lipinski definition) is 3. The van der Waals surface area contributed by atoms with Gasteiger partial charge in [-0.2, -0.15) is 0 Å². The summed E-state index contributed by atoms with van der Waals surface area (Å²) >= 11 is 0. The minimum absolute atomic E-state index is 0.101. The normalized spacial score (nSPS) is 25.0. The lowest BCUT2D eigenvalue weighted by atomic mass is 9.92. The van der Waals surface area contributed by atoms with Gasteiger partial charge in [-0.1, -0.05) is 37.3 Å². The molecule has 3 heteroatoms. The summed E-state index contributed by atoms with van der Waals surface area (Å²) in [4.78, 5) is 0. The lowest BCUT2D eigenvalue weighted by Gasteiger charge is -2.31. The van der Waals surface area contributed by atoms with Crippen LogP contribution in [0.4, 0.5) is 0 Å². The van der Waals surface area contributed by atoms with Crippen LogP contribution in [0.15, 0.2) is 30.3 Å². The van der Waals surface area contributed by atoms with Gasteiger partial charge in [0.25, 0.3) is 0 Å². The Hall–Kier alpha value is -0.900. The van der Waals surface area contributed by atoms with E-state index in [4.69, 9.17) is 4.74 Å². The lowest BCUT2D eigenvalue weighted by molar-refractivity contribution is -0.0455. The van der Waals surface area contributed by atoms with E-state index >= 15 is 0 Å². The van der Waals surface area contributed by atoms with Crippen LogP contribution in [-0.2, 0) is 4.74 Å². The minimum atomic E-state index is -0.453. The first-order chi connectivity index (χ1) is 7.79. The SMILES string of the molecule is CC(C1CNCCO1)C(O)c1ccccc1. The molecule has 1 saturated heterocycles. The second-order valence-electron chi connectivity index (χ2n) is 4.33. The highest BCUT2D eigenvalue weighted by Crippen LogP contribution is 2.26. The van der Waals surface area contributed by atoms with Crippen molar-refractivity contribution in [3.63, 3.8) is 0 Å². The Morgan fingerprint density at radius 3 is 2.75 bits per heavy atom. The van der Waals surface area contributed by atoms with Gasteiger partial charge >= 0.3 is 0 Å². The molecule has 0 aromatic heterocycles. The largest absolute Gasteiger partial charge is 0.388 e. The van der Waals surface area contributed by atoms with Gasteiger partial charge in [0, 0.05) is 19.0 Å². The Balaban J connectivity index is 2.00. The van der Waals surface area contributed by atoms with Gasteiger partial charge < -0.3 is 15.2 Å². The lowest BCUT2D eigenvalue weighted by Crippen LogP contribution is -2.43. The molecule has 0 saturated carbocycles. The highest BCUT2D eigenvalue weighted by molar-refractivity contribution is 5.18. The molecule has 2 rings (SSSR count). The molecule has 1 aromatic carbocycles. The number of morpholine rings is 1. The molecule has 16 heavy (non-hydrogen) atoms. The zero-order valence-corrected chi connectivity index (χ0v) is 9.60. The fourth-order valence-electron chi connectivity index (χ4n) is 2.08. The van der Waals surface area contributed by atoms with Gasteiger partial charge in [-0.05, 0) is 5.56 Å². The van der Waals surface area contributed by atoms with E-state index in [0.29, 0.717) is 0 Å².